The molecular weight excluding hydrogens is 292 g/mol. The number of rotatable bonds is 3. The molecule has 0 atom stereocenters. The largest absolute Gasteiger partial charge is 0.462 e. The summed E-state index contributed by atoms with van der Waals surface area (Å²) in [4.78, 5) is 11.4. The van der Waals surface area contributed by atoms with Gasteiger partial charge < -0.3 is 15.8 Å². The van der Waals surface area contributed by atoms with Gasteiger partial charge in [-0.3, -0.25) is 0 Å². The van der Waals surface area contributed by atoms with Crippen LogP contribution < -0.4 is 11.1 Å². The van der Waals surface area contributed by atoms with Gasteiger partial charge in [0.1, 0.15) is 0 Å². The molecule has 86 valence electrons. The van der Waals surface area contributed by atoms with Crippen LogP contribution in [0.3, 0.4) is 0 Å². The number of nitrogens with two attached hydrogens (primary N) is 1. The zero-order chi connectivity index (χ0) is 12.1. The third-order valence-electron chi connectivity index (χ3n) is 1.74. The Bertz CT molecular complexity index is 423. The second-order valence-corrected chi connectivity index (χ2v) is 4.20. The van der Waals surface area contributed by atoms with Gasteiger partial charge in [0.05, 0.1) is 17.9 Å². The molecule has 1 aromatic rings. The van der Waals surface area contributed by atoms with Gasteiger partial charge in [0.25, 0.3) is 0 Å². The summed E-state index contributed by atoms with van der Waals surface area (Å²) in [5, 5.41) is 2.95. The lowest BCUT2D eigenvalue weighted by Gasteiger charge is -2.08. The van der Waals surface area contributed by atoms with Crippen molar-refractivity contribution in [1.29, 1.82) is 0 Å². The SMILES string of the molecule is CCOC(=O)c1ccc(NC(N)=S)c(Br)c1. The lowest BCUT2D eigenvalue weighted by Crippen LogP contribution is -2.19. The van der Waals surface area contributed by atoms with E-state index >= 15 is 0 Å². The molecule has 1 aromatic carbocycles. The molecule has 0 aliphatic carbocycles. The topological polar surface area (TPSA) is 64.3 Å². The van der Waals surface area contributed by atoms with Gasteiger partial charge in [0.15, 0.2) is 5.11 Å². The molecule has 0 spiro atoms. The van der Waals surface area contributed by atoms with Crippen LogP contribution in [-0.4, -0.2) is 17.7 Å². The second kappa shape index (κ2) is 5.81. The summed E-state index contributed by atoms with van der Waals surface area (Å²) in [6, 6.07) is 5.00. The monoisotopic (exact) mass is 302 g/mol. The number of halogens is 1. The van der Waals surface area contributed by atoms with Crippen molar-refractivity contribution in [2.45, 2.75) is 6.92 Å². The molecule has 0 bridgehead atoms. The number of thiocarbonyl (C=S) groups is 1. The highest BCUT2D eigenvalue weighted by Crippen LogP contribution is 2.23. The van der Waals surface area contributed by atoms with Gasteiger partial charge in [0, 0.05) is 4.47 Å². The molecule has 0 unspecified atom stereocenters. The van der Waals surface area contributed by atoms with Crippen molar-refractivity contribution in [2.75, 3.05) is 11.9 Å². The summed E-state index contributed by atoms with van der Waals surface area (Å²) in [7, 11) is 0. The molecule has 0 saturated heterocycles. The number of esters is 1. The highest BCUT2D eigenvalue weighted by Gasteiger charge is 2.09. The maximum Gasteiger partial charge on any atom is 0.338 e. The van der Waals surface area contributed by atoms with E-state index in [1.165, 1.54) is 0 Å². The molecule has 0 aliphatic heterocycles. The van der Waals surface area contributed by atoms with Crippen LogP contribution in [0.15, 0.2) is 22.7 Å². The quantitative estimate of drug-likeness (QED) is 0.662. The summed E-state index contributed by atoms with van der Waals surface area (Å²) in [6.07, 6.45) is 0. The number of ether oxygens (including phenoxy) is 1. The van der Waals surface area contributed by atoms with Crippen LogP contribution in [0.1, 0.15) is 17.3 Å². The van der Waals surface area contributed by atoms with E-state index < -0.39 is 0 Å². The number of hydrogen-bond acceptors (Lipinski definition) is 3. The minimum absolute atomic E-state index is 0.171. The molecule has 4 nitrogen and oxygen atoms in total. The Balaban J connectivity index is 2.90. The Hall–Kier alpha value is -1.14. The molecule has 0 fully saturated rings. The maximum atomic E-state index is 11.4. The van der Waals surface area contributed by atoms with Crippen molar-refractivity contribution in [3.8, 4) is 0 Å². The van der Waals surface area contributed by atoms with Gasteiger partial charge >= 0.3 is 5.97 Å². The molecule has 0 amide bonds. The van der Waals surface area contributed by atoms with Gasteiger partial charge in [-0.05, 0) is 53.3 Å². The Labute approximate surface area is 107 Å². The predicted molar refractivity (Wildman–Crippen MR) is 70.5 cm³/mol. The van der Waals surface area contributed by atoms with Gasteiger partial charge in [0.2, 0.25) is 0 Å². The fourth-order valence-electron chi connectivity index (χ4n) is 1.09. The first-order valence-corrected chi connectivity index (χ1v) is 5.78. The number of hydrogen-bond donors (Lipinski definition) is 2. The third-order valence-corrected chi connectivity index (χ3v) is 2.50. The van der Waals surface area contributed by atoms with Crippen molar-refractivity contribution in [3.05, 3.63) is 28.2 Å². The standard InChI is InChI=1S/C10H11BrN2O2S/c1-2-15-9(14)6-3-4-8(7(11)5-6)13-10(12)16/h3-5H,2H2,1H3,(H3,12,13,16). The van der Waals surface area contributed by atoms with Gasteiger partial charge in [-0.15, -0.1) is 0 Å². The number of nitrogens with one attached hydrogen (secondary N) is 1. The van der Waals surface area contributed by atoms with Crippen molar-refractivity contribution < 1.29 is 9.53 Å². The second-order valence-electron chi connectivity index (χ2n) is 2.90. The van der Waals surface area contributed by atoms with E-state index in [2.05, 4.69) is 21.2 Å². The van der Waals surface area contributed by atoms with Crippen LogP contribution in [0, 0.1) is 0 Å². The summed E-state index contributed by atoms with van der Waals surface area (Å²) >= 11 is 8.03. The predicted octanol–water partition coefficient (Wildman–Crippen LogP) is 2.28. The van der Waals surface area contributed by atoms with Crippen LogP contribution in [-0.2, 0) is 4.74 Å². The molecular formula is C10H11BrN2O2S. The fourth-order valence-corrected chi connectivity index (χ4v) is 1.68. The molecule has 0 heterocycles. The van der Waals surface area contributed by atoms with Crippen LogP contribution in [0.5, 0.6) is 0 Å². The minimum atomic E-state index is -0.356. The van der Waals surface area contributed by atoms with E-state index in [1.807, 2.05) is 0 Å². The number of carbonyl (C=O) groups is 1. The molecule has 3 N–H and O–H groups in total. The van der Waals surface area contributed by atoms with E-state index in [4.69, 9.17) is 22.7 Å². The van der Waals surface area contributed by atoms with Crippen molar-refractivity contribution in [2.24, 2.45) is 5.73 Å². The molecule has 16 heavy (non-hydrogen) atoms. The van der Waals surface area contributed by atoms with Crippen LogP contribution >= 0.6 is 28.1 Å². The van der Waals surface area contributed by atoms with Crippen LogP contribution in [0.4, 0.5) is 5.69 Å². The van der Waals surface area contributed by atoms with Crippen molar-refractivity contribution in [1.82, 2.24) is 0 Å². The zero-order valence-electron chi connectivity index (χ0n) is 8.62. The first-order chi connectivity index (χ1) is 7.54. The normalized spacial score (nSPS) is 9.62. The molecule has 1 rings (SSSR count). The van der Waals surface area contributed by atoms with E-state index in [1.54, 1.807) is 25.1 Å². The lowest BCUT2D eigenvalue weighted by molar-refractivity contribution is 0.0526. The Kier molecular flexibility index (Phi) is 4.70. The van der Waals surface area contributed by atoms with E-state index in [-0.39, 0.29) is 11.1 Å². The Morgan fingerprint density at radius 1 is 1.62 bits per heavy atom. The average Bonchev–Trinajstić information content (AvgIpc) is 2.20. The lowest BCUT2D eigenvalue weighted by atomic mass is 10.2. The van der Waals surface area contributed by atoms with Gasteiger partial charge in [-0.25, -0.2) is 4.79 Å². The number of carbonyl (C=O) groups excluding carboxylic acids is 1. The molecule has 0 saturated carbocycles. The first kappa shape index (κ1) is 12.9. The highest BCUT2D eigenvalue weighted by atomic mass is 79.9. The molecule has 0 aliphatic rings. The van der Waals surface area contributed by atoms with E-state index in [9.17, 15) is 4.79 Å². The third kappa shape index (κ3) is 3.46. The molecule has 0 radical (unpaired) electrons. The minimum Gasteiger partial charge on any atom is -0.462 e. The van der Waals surface area contributed by atoms with Crippen molar-refractivity contribution in [3.63, 3.8) is 0 Å². The summed E-state index contributed by atoms with van der Waals surface area (Å²) < 4.78 is 5.57. The fraction of sp³-hybridized carbons (Fsp3) is 0.200. The summed E-state index contributed by atoms with van der Waals surface area (Å²) in [5.74, 6) is -0.356. The smallest absolute Gasteiger partial charge is 0.338 e. The maximum absolute atomic E-state index is 11.4. The molecule has 0 aromatic heterocycles. The zero-order valence-corrected chi connectivity index (χ0v) is 11.0. The Morgan fingerprint density at radius 2 is 2.31 bits per heavy atom. The van der Waals surface area contributed by atoms with E-state index in [0.717, 1.165) is 0 Å². The van der Waals surface area contributed by atoms with Crippen molar-refractivity contribution >= 4 is 44.9 Å². The Morgan fingerprint density at radius 3 is 2.81 bits per heavy atom. The summed E-state index contributed by atoms with van der Waals surface area (Å²) in [5.41, 5.74) is 6.53. The number of anilines is 1. The highest BCUT2D eigenvalue weighted by molar-refractivity contribution is 9.10. The summed E-state index contributed by atoms with van der Waals surface area (Å²) in [6.45, 7) is 2.11. The van der Waals surface area contributed by atoms with Crippen LogP contribution in [0.25, 0.3) is 0 Å². The van der Waals surface area contributed by atoms with Crippen LogP contribution in [0.2, 0.25) is 0 Å². The van der Waals surface area contributed by atoms with Gasteiger partial charge in [-0.2, -0.15) is 0 Å². The van der Waals surface area contributed by atoms with E-state index in [0.29, 0.717) is 22.3 Å². The molecule has 6 heteroatoms. The van der Waals surface area contributed by atoms with Gasteiger partial charge in [-0.1, -0.05) is 0 Å². The number of benzene rings is 1. The first-order valence-electron chi connectivity index (χ1n) is 4.57. The average molecular weight is 303 g/mol.